The van der Waals surface area contributed by atoms with E-state index in [1.807, 2.05) is 0 Å². The summed E-state index contributed by atoms with van der Waals surface area (Å²) < 4.78 is 0. The van der Waals surface area contributed by atoms with Crippen LogP contribution < -0.4 is 0 Å². The van der Waals surface area contributed by atoms with E-state index >= 15 is 0 Å². The minimum atomic E-state index is -0.731. The summed E-state index contributed by atoms with van der Waals surface area (Å²) in [7, 11) is 0. The molecule has 0 radical (unpaired) electrons. The van der Waals surface area contributed by atoms with Gasteiger partial charge in [-0.1, -0.05) is 12.8 Å². The Morgan fingerprint density at radius 3 is 2.45 bits per heavy atom. The molecule has 0 heterocycles. The molecule has 3 heteroatoms. The van der Waals surface area contributed by atoms with E-state index in [1.165, 1.54) is 0 Å². The molecular formula is C8H13NO2. The molecule has 0 aliphatic rings. The molecule has 0 rings (SSSR count). The van der Waals surface area contributed by atoms with Gasteiger partial charge in [0, 0.05) is 12.8 Å². The highest BCUT2D eigenvalue weighted by atomic mass is 16.4. The average molecular weight is 155 g/mol. The van der Waals surface area contributed by atoms with Crippen LogP contribution in [0.2, 0.25) is 0 Å². The third-order valence-electron chi connectivity index (χ3n) is 1.43. The summed E-state index contributed by atoms with van der Waals surface area (Å²) in [6, 6.07) is 2.05. The maximum Gasteiger partial charge on any atom is 0.303 e. The summed E-state index contributed by atoms with van der Waals surface area (Å²) in [6.45, 7) is 0. The number of carboxylic acid groups (broad SMARTS) is 1. The molecule has 0 unspecified atom stereocenters. The van der Waals surface area contributed by atoms with Gasteiger partial charge in [-0.25, -0.2) is 0 Å². The van der Waals surface area contributed by atoms with Crippen LogP contribution >= 0.6 is 0 Å². The first kappa shape index (κ1) is 9.96. The van der Waals surface area contributed by atoms with E-state index in [1.54, 1.807) is 0 Å². The van der Waals surface area contributed by atoms with Crippen LogP contribution in [0, 0.1) is 11.3 Å². The molecule has 0 aromatic carbocycles. The van der Waals surface area contributed by atoms with E-state index in [0.717, 1.165) is 25.7 Å². The van der Waals surface area contributed by atoms with Gasteiger partial charge in [-0.05, 0) is 12.8 Å². The molecule has 0 saturated heterocycles. The maximum absolute atomic E-state index is 10.0. The summed E-state index contributed by atoms with van der Waals surface area (Å²) in [4.78, 5) is 10.0. The van der Waals surface area contributed by atoms with E-state index in [-0.39, 0.29) is 6.42 Å². The molecule has 0 fully saturated rings. The summed E-state index contributed by atoms with van der Waals surface area (Å²) in [6.07, 6.45) is 4.38. The quantitative estimate of drug-likeness (QED) is 0.596. The molecule has 0 amide bonds. The maximum atomic E-state index is 10.0. The van der Waals surface area contributed by atoms with Crippen LogP contribution in [0.1, 0.15) is 38.5 Å². The minimum Gasteiger partial charge on any atom is -0.481 e. The lowest BCUT2D eigenvalue weighted by Crippen LogP contribution is -1.93. The van der Waals surface area contributed by atoms with Gasteiger partial charge < -0.3 is 5.11 Å². The van der Waals surface area contributed by atoms with Crippen molar-refractivity contribution in [2.45, 2.75) is 38.5 Å². The Hall–Kier alpha value is -1.04. The Bertz CT molecular complexity index is 149. The van der Waals surface area contributed by atoms with E-state index in [4.69, 9.17) is 10.4 Å². The van der Waals surface area contributed by atoms with Crippen LogP contribution in [0.4, 0.5) is 0 Å². The number of nitriles is 1. The largest absolute Gasteiger partial charge is 0.481 e. The zero-order chi connectivity index (χ0) is 8.53. The lowest BCUT2D eigenvalue weighted by atomic mass is 10.1. The molecule has 62 valence electrons. The molecule has 0 spiro atoms. The van der Waals surface area contributed by atoms with Gasteiger partial charge in [0.25, 0.3) is 0 Å². The SMILES string of the molecule is N#CCCCCCCC(=O)O. The fourth-order valence-corrected chi connectivity index (χ4v) is 0.834. The minimum absolute atomic E-state index is 0.257. The molecule has 0 bridgehead atoms. The van der Waals surface area contributed by atoms with Gasteiger partial charge in [-0.2, -0.15) is 5.26 Å². The van der Waals surface area contributed by atoms with Crippen molar-refractivity contribution < 1.29 is 9.90 Å². The molecule has 0 saturated carbocycles. The number of rotatable bonds is 6. The van der Waals surface area contributed by atoms with Crippen molar-refractivity contribution in [2.75, 3.05) is 0 Å². The van der Waals surface area contributed by atoms with Crippen LogP contribution in [-0.4, -0.2) is 11.1 Å². The van der Waals surface area contributed by atoms with Crippen LogP contribution in [0.15, 0.2) is 0 Å². The molecule has 1 N–H and O–H groups in total. The Labute approximate surface area is 66.6 Å². The normalized spacial score (nSPS) is 9.00. The molecule has 0 aromatic heterocycles. The predicted molar refractivity (Wildman–Crippen MR) is 41.0 cm³/mol. The fraction of sp³-hybridized carbons (Fsp3) is 0.750. The number of hydrogen-bond acceptors (Lipinski definition) is 2. The first-order valence-electron chi connectivity index (χ1n) is 3.86. The van der Waals surface area contributed by atoms with Crippen LogP contribution in [0.5, 0.6) is 0 Å². The van der Waals surface area contributed by atoms with Crippen molar-refractivity contribution >= 4 is 5.97 Å². The highest BCUT2D eigenvalue weighted by Gasteiger charge is 1.95. The zero-order valence-corrected chi connectivity index (χ0v) is 6.55. The molecule has 0 aliphatic heterocycles. The number of aliphatic carboxylic acids is 1. The Morgan fingerprint density at radius 1 is 1.27 bits per heavy atom. The van der Waals surface area contributed by atoms with E-state index in [2.05, 4.69) is 6.07 Å². The monoisotopic (exact) mass is 155 g/mol. The second-order valence-corrected chi connectivity index (χ2v) is 2.47. The number of carbonyl (C=O) groups is 1. The standard InChI is InChI=1S/C8H13NO2/c9-7-5-3-1-2-4-6-8(10)11/h1-6H2,(H,10,11). The molecule has 0 atom stereocenters. The number of hydrogen-bond donors (Lipinski definition) is 1. The van der Waals surface area contributed by atoms with Gasteiger partial charge in [-0.15, -0.1) is 0 Å². The van der Waals surface area contributed by atoms with Crippen LogP contribution in [0.3, 0.4) is 0 Å². The van der Waals surface area contributed by atoms with E-state index in [0.29, 0.717) is 6.42 Å². The number of carboxylic acids is 1. The lowest BCUT2D eigenvalue weighted by molar-refractivity contribution is -0.137. The van der Waals surface area contributed by atoms with Gasteiger partial charge >= 0.3 is 5.97 Å². The Kier molecular flexibility index (Phi) is 6.40. The van der Waals surface area contributed by atoms with Gasteiger partial charge in [0.2, 0.25) is 0 Å². The molecule has 3 nitrogen and oxygen atoms in total. The van der Waals surface area contributed by atoms with E-state index in [9.17, 15) is 4.79 Å². The first-order chi connectivity index (χ1) is 5.27. The molecule has 0 aliphatic carbocycles. The van der Waals surface area contributed by atoms with E-state index < -0.39 is 5.97 Å². The van der Waals surface area contributed by atoms with Gasteiger partial charge in [0.1, 0.15) is 0 Å². The number of nitrogens with zero attached hydrogens (tertiary/aromatic N) is 1. The Balaban J connectivity index is 2.92. The van der Waals surface area contributed by atoms with Crippen molar-refractivity contribution in [3.8, 4) is 6.07 Å². The van der Waals surface area contributed by atoms with Crippen LogP contribution in [-0.2, 0) is 4.79 Å². The Morgan fingerprint density at radius 2 is 1.91 bits per heavy atom. The van der Waals surface area contributed by atoms with Gasteiger partial charge in [0.15, 0.2) is 0 Å². The lowest BCUT2D eigenvalue weighted by Gasteiger charge is -1.94. The topological polar surface area (TPSA) is 61.1 Å². The summed E-state index contributed by atoms with van der Waals surface area (Å²) >= 11 is 0. The van der Waals surface area contributed by atoms with Gasteiger partial charge in [0.05, 0.1) is 6.07 Å². The second kappa shape index (κ2) is 7.07. The van der Waals surface area contributed by atoms with Crippen molar-refractivity contribution in [2.24, 2.45) is 0 Å². The second-order valence-electron chi connectivity index (χ2n) is 2.47. The van der Waals surface area contributed by atoms with Gasteiger partial charge in [-0.3, -0.25) is 4.79 Å². The fourth-order valence-electron chi connectivity index (χ4n) is 0.834. The van der Waals surface area contributed by atoms with Crippen molar-refractivity contribution in [1.82, 2.24) is 0 Å². The average Bonchev–Trinajstić information content (AvgIpc) is 1.96. The third kappa shape index (κ3) is 8.96. The highest BCUT2D eigenvalue weighted by molar-refractivity contribution is 5.66. The smallest absolute Gasteiger partial charge is 0.303 e. The first-order valence-corrected chi connectivity index (χ1v) is 3.86. The van der Waals surface area contributed by atoms with Crippen molar-refractivity contribution in [1.29, 1.82) is 5.26 Å². The summed E-state index contributed by atoms with van der Waals surface area (Å²) in [5.41, 5.74) is 0. The molecule has 11 heavy (non-hydrogen) atoms. The summed E-state index contributed by atoms with van der Waals surface area (Å²) in [5, 5.41) is 16.4. The predicted octanol–water partition coefficient (Wildman–Crippen LogP) is 1.94. The highest BCUT2D eigenvalue weighted by Crippen LogP contribution is 2.04. The van der Waals surface area contributed by atoms with Crippen molar-refractivity contribution in [3.63, 3.8) is 0 Å². The third-order valence-corrected chi connectivity index (χ3v) is 1.43. The summed E-state index contributed by atoms with van der Waals surface area (Å²) in [5.74, 6) is -0.731. The van der Waals surface area contributed by atoms with Crippen molar-refractivity contribution in [3.05, 3.63) is 0 Å². The molecular weight excluding hydrogens is 142 g/mol. The zero-order valence-electron chi connectivity index (χ0n) is 6.55. The molecule has 0 aromatic rings. The number of unbranched alkanes of at least 4 members (excludes halogenated alkanes) is 4. The van der Waals surface area contributed by atoms with Crippen LogP contribution in [0.25, 0.3) is 0 Å².